The van der Waals surface area contributed by atoms with Crippen LogP contribution in [-0.4, -0.2) is 39.3 Å². The first kappa shape index (κ1) is 15.1. The predicted octanol–water partition coefficient (Wildman–Crippen LogP) is 0.264. The van der Waals surface area contributed by atoms with Crippen molar-refractivity contribution in [1.29, 1.82) is 0 Å². The number of nitrogens with zero attached hydrogens (tertiary/aromatic N) is 2. The van der Waals surface area contributed by atoms with Crippen molar-refractivity contribution in [2.75, 3.05) is 6.61 Å². The van der Waals surface area contributed by atoms with Gasteiger partial charge in [0.05, 0.1) is 0 Å². The Morgan fingerprint density at radius 1 is 1.53 bits per heavy atom. The Morgan fingerprint density at radius 2 is 2.21 bits per heavy atom. The Kier molecular flexibility index (Phi) is 4.99. The average molecular weight is 271 g/mol. The molecule has 0 saturated carbocycles. The highest BCUT2D eigenvalue weighted by molar-refractivity contribution is 5.87. The summed E-state index contributed by atoms with van der Waals surface area (Å²) in [6, 6.07) is 0. The molecular weight excluding hydrogens is 254 g/mol. The van der Waals surface area contributed by atoms with E-state index in [1.165, 1.54) is 6.92 Å². The molecule has 1 unspecified atom stereocenters. The number of carbonyl (C=O) groups excluding carboxylic acids is 1. The number of aryl methyl sites for hydroxylation is 1. The molecule has 19 heavy (non-hydrogen) atoms. The molecule has 1 aromatic heterocycles. The predicted molar refractivity (Wildman–Crippen MR) is 63.2 cm³/mol. The lowest BCUT2D eigenvalue weighted by atomic mass is 9.99. The minimum Gasteiger partial charge on any atom is -0.480 e. The number of amides is 1. The number of hydrogen-bond donors (Lipinski definition) is 2. The van der Waals surface area contributed by atoms with Gasteiger partial charge in [-0.2, -0.15) is 4.98 Å². The van der Waals surface area contributed by atoms with Gasteiger partial charge in [0.2, 0.25) is 5.91 Å². The highest BCUT2D eigenvalue weighted by Gasteiger charge is 2.32. The number of rotatable bonds is 7. The Morgan fingerprint density at radius 3 is 2.68 bits per heavy atom. The summed E-state index contributed by atoms with van der Waals surface area (Å²) >= 11 is 0. The summed E-state index contributed by atoms with van der Waals surface area (Å²) in [5.74, 6) is -0.854. The molecule has 1 rings (SSSR count). The molecule has 0 spiro atoms. The van der Waals surface area contributed by atoms with Crippen LogP contribution in [0, 0.1) is 6.92 Å². The summed E-state index contributed by atoms with van der Waals surface area (Å²) in [4.78, 5) is 26.4. The van der Waals surface area contributed by atoms with Crippen molar-refractivity contribution in [2.45, 2.75) is 39.3 Å². The van der Waals surface area contributed by atoms with Crippen LogP contribution in [0.15, 0.2) is 4.52 Å². The van der Waals surface area contributed by atoms with E-state index >= 15 is 0 Å². The first-order valence-electron chi connectivity index (χ1n) is 5.78. The molecule has 0 fully saturated rings. The van der Waals surface area contributed by atoms with Crippen molar-refractivity contribution in [3.8, 4) is 0 Å². The molecule has 1 amide bonds. The van der Waals surface area contributed by atoms with Crippen molar-refractivity contribution >= 4 is 11.9 Å². The lowest BCUT2D eigenvalue weighted by molar-refractivity contribution is -0.147. The number of carboxylic acid groups (broad SMARTS) is 1. The Labute approximate surface area is 110 Å². The highest BCUT2D eigenvalue weighted by atomic mass is 16.5. The first-order chi connectivity index (χ1) is 8.87. The first-order valence-corrected chi connectivity index (χ1v) is 5.78. The number of carbonyl (C=O) groups is 2. The van der Waals surface area contributed by atoms with Gasteiger partial charge in [-0.05, 0) is 20.3 Å². The van der Waals surface area contributed by atoms with Crippen LogP contribution in [0.25, 0.3) is 0 Å². The minimum absolute atomic E-state index is 0.00414. The van der Waals surface area contributed by atoms with E-state index in [0.717, 1.165) is 0 Å². The largest absolute Gasteiger partial charge is 0.480 e. The Bertz CT molecular complexity index is 459. The third-order valence-electron chi connectivity index (χ3n) is 2.62. The third kappa shape index (κ3) is 4.32. The minimum atomic E-state index is -1.29. The fourth-order valence-electron chi connectivity index (χ4n) is 1.27. The fourth-order valence-corrected chi connectivity index (χ4v) is 1.27. The van der Waals surface area contributed by atoms with E-state index in [4.69, 9.17) is 14.4 Å². The fraction of sp³-hybridized carbons (Fsp3) is 0.636. The summed E-state index contributed by atoms with van der Waals surface area (Å²) in [6.07, 6.45) is 0.275. The molecule has 0 saturated heterocycles. The van der Waals surface area contributed by atoms with Gasteiger partial charge in [-0.3, -0.25) is 4.79 Å². The van der Waals surface area contributed by atoms with Crippen molar-refractivity contribution in [1.82, 2.24) is 15.5 Å². The molecule has 1 aromatic rings. The lowest BCUT2D eigenvalue weighted by Gasteiger charge is -2.24. The van der Waals surface area contributed by atoms with Gasteiger partial charge in [0.1, 0.15) is 18.8 Å². The van der Waals surface area contributed by atoms with Gasteiger partial charge in [0.25, 0.3) is 5.89 Å². The molecular formula is C11H17N3O5. The van der Waals surface area contributed by atoms with E-state index in [1.54, 1.807) is 13.8 Å². The molecule has 1 heterocycles. The van der Waals surface area contributed by atoms with Crippen LogP contribution in [0.3, 0.4) is 0 Å². The maximum absolute atomic E-state index is 11.6. The maximum Gasteiger partial charge on any atom is 0.329 e. The van der Waals surface area contributed by atoms with Crippen LogP contribution < -0.4 is 5.32 Å². The molecule has 106 valence electrons. The van der Waals surface area contributed by atoms with Crippen molar-refractivity contribution < 1.29 is 24.0 Å². The Hall–Kier alpha value is -1.96. The summed E-state index contributed by atoms with van der Waals surface area (Å²) in [6.45, 7) is 4.51. The van der Waals surface area contributed by atoms with E-state index in [2.05, 4.69) is 15.5 Å². The molecule has 0 radical (unpaired) electrons. The molecule has 0 aliphatic heterocycles. The van der Waals surface area contributed by atoms with Gasteiger partial charge in [-0.25, -0.2) is 4.79 Å². The van der Waals surface area contributed by atoms with Crippen molar-refractivity contribution in [3.63, 3.8) is 0 Å². The summed E-state index contributed by atoms with van der Waals surface area (Å²) in [7, 11) is 0. The molecule has 0 aromatic carbocycles. The van der Waals surface area contributed by atoms with Gasteiger partial charge in [0, 0.05) is 0 Å². The number of ether oxygens (including phenoxy) is 1. The van der Waals surface area contributed by atoms with Crippen LogP contribution >= 0.6 is 0 Å². The zero-order valence-electron chi connectivity index (χ0n) is 11.1. The number of carboxylic acids is 1. The number of aliphatic carboxylic acids is 1. The number of nitrogens with one attached hydrogen (secondary N) is 1. The maximum atomic E-state index is 11.6. The zero-order valence-corrected chi connectivity index (χ0v) is 11.1. The van der Waals surface area contributed by atoms with Gasteiger partial charge in [-0.1, -0.05) is 12.1 Å². The SMILES string of the molecule is CCC(C)(NC(=O)COCc1nc(C)no1)C(=O)O. The molecule has 0 aliphatic rings. The van der Waals surface area contributed by atoms with Crippen LogP contribution in [0.2, 0.25) is 0 Å². The molecule has 2 N–H and O–H groups in total. The summed E-state index contributed by atoms with van der Waals surface area (Å²) in [5.41, 5.74) is -1.29. The van der Waals surface area contributed by atoms with Crippen molar-refractivity contribution in [2.24, 2.45) is 0 Å². The average Bonchev–Trinajstić information content (AvgIpc) is 2.74. The quantitative estimate of drug-likeness (QED) is 0.731. The summed E-state index contributed by atoms with van der Waals surface area (Å²) in [5, 5.41) is 15.0. The van der Waals surface area contributed by atoms with E-state index < -0.39 is 17.4 Å². The van der Waals surface area contributed by atoms with Gasteiger partial charge in [-0.15, -0.1) is 0 Å². The summed E-state index contributed by atoms with van der Waals surface area (Å²) < 4.78 is 9.86. The van der Waals surface area contributed by atoms with E-state index in [9.17, 15) is 9.59 Å². The number of hydrogen-bond acceptors (Lipinski definition) is 6. The third-order valence-corrected chi connectivity index (χ3v) is 2.62. The van der Waals surface area contributed by atoms with Crippen molar-refractivity contribution in [3.05, 3.63) is 11.7 Å². The van der Waals surface area contributed by atoms with Gasteiger partial charge in [0.15, 0.2) is 5.82 Å². The molecule has 0 bridgehead atoms. The molecule has 8 nitrogen and oxygen atoms in total. The second kappa shape index (κ2) is 6.28. The molecule has 1 atom stereocenters. The Balaban J connectivity index is 2.37. The van der Waals surface area contributed by atoms with E-state index in [1.807, 2.05) is 0 Å². The molecule has 0 aliphatic carbocycles. The second-order valence-electron chi connectivity index (χ2n) is 4.27. The second-order valence-corrected chi connectivity index (χ2v) is 4.27. The highest BCUT2D eigenvalue weighted by Crippen LogP contribution is 2.09. The van der Waals surface area contributed by atoms with Gasteiger partial charge >= 0.3 is 5.97 Å². The zero-order chi connectivity index (χ0) is 14.5. The number of aromatic nitrogens is 2. The van der Waals surface area contributed by atoms with Crippen LogP contribution in [0.4, 0.5) is 0 Å². The normalized spacial score (nSPS) is 13.8. The van der Waals surface area contributed by atoms with Crippen LogP contribution in [-0.2, 0) is 20.9 Å². The lowest BCUT2D eigenvalue weighted by Crippen LogP contribution is -2.52. The molecule has 8 heteroatoms. The smallest absolute Gasteiger partial charge is 0.329 e. The van der Waals surface area contributed by atoms with E-state index in [-0.39, 0.29) is 25.5 Å². The van der Waals surface area contributed by atoms with Crippen LogP contribution in [0.1, 0.15) is 32.0 Å². The van der Waals surface area contributed by atoms with E-state index in [0.29, 0.717) is 5.82 Å². The topological polar surface area (TPSA) is 115 Å². The van der Waals surface area contributed by atoms with Crippen LogP contribution in [0.5, 0.6) is 0 Å². The van der Waals surface area contributed by atoms with Gasteiger partial charge < -0.3 is 19.7 Å². The monoisotopic (exact) mass is 271 g/mol. The standard InChI is InChI=1S/C11H17N3O5/c1-4-11(3,10(16)17)13-8(15)5-18-6-9-12-7(2)14-19-9/h4-6H2,1-3H3,(H,13,15)(H,16,17).